The standard InChI is InChI=1S/C22H26N4O/c1-2-26(22(27)21-15-20-19(25-21)12-7-13-23-20)18-11-6-10-17(14-18)24-16-8-4-3-5-9-16/h3-5,7-9,12-13,15,17-18,24-25H,2,6,10-11,14H2,1H3/t17-,18?/m1/s1. The van der Waals surface area contributed by atoms with Gasteiger partial charge in [-0.25, -0.2) is 0 Å². The summed E-state index contributed by atoms with van der Waals surface area (Å²) in [4.78, 5) is 22.7. The van der Waals surface area contributed by atoms with E-state index in [1.165, 1.54) is 0 Å². The minimum Gasteiger partial charge on any atom is -0.382 e. The molecule has 2 aromatic heterocycles. The van der Waals surface area contributed by atoms with Crippen LogP contribution >= 0.6 is 0 Å². The van der Waals surface area contributed by atoms with Gasteiger partial charge in [-0.15, -0.1) is 0 Å². The molecule has 2 atom stereocenters. The molecule has 1 fully saturated rings. The van der Waals surface area contributed by atoms with Gasteiger partial charge >= 0.3 is 0 Å². The molecule has 1 aliphatic rings. The number of carbonyl (C=O) groups is 1. The van der Waals surface area contributed by atoms with Crippen LogP contribution in [0.2, 0.25) is 0 Å². The predicted molar refractivity (Wildman–Crippen MR) is 109 cm³/mol. The first-order valence-electron chi connectivity index (χ1n) is 9.81. The normalized spacial score (nSPS) is 19.7. The van der Waals surface area contributed by atoms with Gasteiger partial charge in [-0.3, -0.25) is 9.78 Å². The predicted octanol–water partition coefficient (Wildman–Crippen LogP) is 4.45. The van der Waals surface area contributed by atoms with E-state index in [1.807, 2.05) is 29.2 Å². The number of hydrogen-bond acceptors (Lipinski definition) is 3. The number of nitrogens with zero attached hydrogens (tertiary/aromatic N) is 2. The molecule has 27 heavy (non-hydrogen) atoms. The molecule has 2 N–H and O–H groups in total. The van der Waals surface area contributed by atoms with Crippen LogP contribution in [-0.4, -0.2) is 39.4 Å². The average molecular weight is 362 g/mol. The summed E-state index contributed by atoms with van der Waals surface area (Å²) in [5, 5.41) is 3.63. The van der Waals surface area contributed by atoms with Gasteiger partial charge in [0.2, 0.25) is 0 Å². The lowest BCUT2D eigenvalue weighted by atomic mass is 9.89. The summed E-state index contributed by atoms with van der Waals surface area (Å²) in [6, 6.07) is 16.7. The fourth-order valence-corrected chi connectivity index (χ4v) is 4.14. The molecule has 0 aliphatic heterocycles. The Labute approximate surface area is 159 Å². The molecule has 140 valence electrons. The van der Waals surface area contributed by atoms with E-state index in [1.54, 1.807) is 6.20 Å². The first-order chi connectivity index (χ1) is 13.2. The molecule has 1 aromatic carbocycles. The van der Waals surface area contributed by atoms with E-state index in [4.69, 9.17) is 0 Å². The molecule has 0 bridgehead atoms. The van der Waals surface area contributed by atoms with Crippen molar-refractivity contribution in [3.63, 3.8) is 0 Å². The number of H-pyrrole nitrogens is 1. The molecule has 5 heteroatoms. The second-order valence-corrected chi connectivity index (χ2v) is 7.24. The van der Waals surface area contributed by atoms with Crippen molar-refractivity contribution < 1.29 is 4.79 Å². The quantitative estimate of drug-likeness (QED) is 0.705. The number of aromatic nitrogens is 2. The Morgan fingerprint density at radius 1 is 1.22 bits per heavy atom. The second-order valence-electron chi connectivity index (χ2n) is 7.24. The number of fused-ring (bicyclic) bond motifs is 1. The first-order valence-corrected chi connectivity index (χ1v) is 9.81. The third kappa shape index (κ3) is 3.82. The van der Waals surface area contributed by atoms with Gasteiger partial charge in [-0.05, 0) is 62.9 Å². The van der Waals surface area contributed by atoms with Gasteiger partial charge in [0.1, 0.15) is 5.69 Å². The van der Waals surface area contributed by atoms with Gasteiger partial charge in [-0.2, -0.15) is 0 Å². The SMILES string of the molecule is CCN(C(=O)c1cc2ncccc2[nH]1)C1CCC[C@@H](Nc2ccccc2)C1. The molecule has 1 aliphatic carbocycles. The highest BCUT2D eigenvalue weighted by atomic mass is 16.2. The van der Waals surface area contributed by atoms with Gasteiger partial charge < -0.3 is 15.2 Å². The van der Waals surface area contributed by atoms with E-state index >= 15 is 0 Å². The Morgan fingerprint density at radius 2 is 2.07 bits per heavy atom. The van der Waals surface area contributed by atoms with Crippen molar-refractivity contribution in [1.82, 2.24) is 14.9 Å². The Morgan fingerprint density at radius 3 is 2.85 bits per heavy atom. The molecule has 0 saturated heterocycles. The molecular formula is C22H26N4O. The molecule has 0 spiro atoms. The molecule has 0 radical (unpaired) electrons. The number of carbonyl (C=O) groups excluding carboxylic acids is 1. The lowest BCUT2D eigenvalue weighted by molar-refractivity contribution is 0.0637. The van der Waals surface area contributed by atoms with E-state index in [0.29, 0.717) is 18.3 Å². The zero-order chi connectivity index (χ0) is 18.6. The molecule has 4 rings (SSSR count). The summed E-state index contributed by atoms with van der Waals surface area (Å²) in [7, 11) is 0. The largest absolute Gasteiger partial charge is 0.382 e. The Balaban J connectivity index is 1.48. The fraction of sp³-hybridized carbons (Fsp3) is 0.364. The summed E-state index contributed by atoms with van der Waals surface area (Å²) >= 11 is 0. The smallest absolute Gasteiger partial charge is 0.270 e. The average Bonchev–Trinajstić information content (AvgIpc) is 3.14. The molecule has 5 nitrogen and oxygen atoms in total. The van der Waals surface area contributed by atoms with Crippen LogP contribution in [-0.2, 0) is 0 Å². The third-order valence-corrected chi connectivity index (χ3v) is 5.45. The highest BCUT2D eigenvalue weighted by molar-refractivity contribution is 5.97. The van der Waals surface area contributed by atoms with Gasteiger partial charge in [0, 0.05) is 30.5 Å². The molecule has 1 unspecified atom stereocenters. The minimum absolute atomic E-state index is 0.0702. The summed E-state index contributed by atoms with van der Waals surface area (Å²) < 4.78 is 0. The van der Waals surface area contributed by atoms with Crippen molar-refractivity contribution in [2.75, 3.05) is 11.9 Å². The molecule has 1 saturated carbocycles. The van der Waals surface area contributed by atoms with Crippen LogP contribution in [0.15, 0.2) is 54.7 Å². The topological polar surface area (TPSA) is 61.0 Å². The van der Waals surface area contributed by atoms with E-state index in [-0.39, 0.29) is 11.9 Å². The zero-order valence-electron chi connectivity index (χ0n) is 15.7. The van der Waals surface area contributed by atoms with Crippen molar-refractivity contribution in [3.05, 3.63) is 60.4 Å². The Kier molecular flexibility index (Phi) is 5.10. The molecule has 3 aromatic rings. The number of hydrogen-bond donors (Lipinski definition) is 2. The van der Waals surface area contributed by atoms with Gasteiger partial charge in [0.05, 0.1) is 11.0 Å². The summed E-state index contributed by atoms with van der Waals surface area (Å²) in [6.45, 7) is 2.78. The van der Waals surface area contributed by atoms with Gasteiger partial charge in [-0.1, -0.05) is 18.2 Å². The van der Waals surface area contributed by atoms with Crippen molar-refractivity contribution in [2.45, 2.75) is 44.7 Å². The summed E-state index contributed by atoms with van der Waals surface area (Å²) in [5.74, 6) is 0.0702. The van der Waals surface area contributed by atoms with Crippen LogP contribution in [0.5, 0.6) is 0 Å². The Hall–Kier alpha value is -2.82. The number of pyridine rings is 1. The first kappa shape index (κ1) is 17.6. The fourth-order valence-electron chi connectivity index (χ4n) is 4.14. The van der Waals surface area contributed by atoms with Crippen LogP contribution in [0.4, 0.5) is 5.69 Å². The minimum atomic E-state index is 0.0702. The Bertz CT molecular complexity index is 872. The van der Waals surface area contributed by atoms with Crippen LogP contribution in [0, 0.1) is 0 Å². The highest BCUT2D eigenvalue weighted by Crippen LogP contribution is 2.27. The lowest BCUT2D eigenvalue weighted by Gasteiger charge is -2.37. The maximum absolute atomic E-state index is 13.2. The van der Waals surface area contributed by atoms with Crippen molar-refractivity contribution in [2.24, 2.45) is 0 Å². The van der Waals surface area contributed by atoms with Gasteiger partial charge in [0.25, 0.3) is 5.91 Å². The number of aromatic amines is 1. The van der Waals surface area contributed by atoms with E-state index < -0.39 is 0 Å². The third-order valence-electron chi connectivity index (χ3n) is 5.45. The van der Waals surface area contributed by atoms with Crippen LogP contribution in [0.25, 0.3) is 11.0 Å². The number of para-hydroxylation sites is 1. The van der Waals surface area contributed by atoms with Gasteiger partial charge in [0.15, 0.2) is 0 Å². The van der Waals surface area contributed by atoms with Crippen LogP contribution < -0.4 is 5.32 Å². The van der Waals surface area contributed by atoms with E-state index in [2.05, 4.69) is 46.5 Å². The van der Waals surface area contributed by atoms with Crippen molar-refractivity contribution in [3.8, 4) is 0 Å². The van der Waals surface area contributed by atoms with Crippen LogP contribution in [0.1, 0.15) is 43.1 Å². The molecule has 1 amide bonds. The number of nitrogens with one attached hydrogen (secondary N) is 2. The lowest BCUT2D eigenvalue weighted by Crippen LogP contribution is -2.45. The number of benzene rings is 1. The van der Waals surface area contributed by atoms with Crippen LogP contribution in [0.3, 0.4) is 0 Å². The summed E-state index contributed by atoms with van der Waals surface area (Å²) in [6.07, 6.45) is 6.07. The molecule has 2 heterocycles. The second kappa shape index (κ2) is 7.82. The number of amides is 1. The van der Waals surface area contributed by atoms with Crippen molar-refractivity contribution >= 4 is 22.6 Å². The van der Waals surface area contributed by atoms with Crippen molar-refractivity contribution in [1.29, 1.82) is 0 Å². The number of anilines is 1. The maximum atomic E-state index is 13.2. The maximum Gasteiger partial charge on any atom is 0.270 e. The van der Waals surface area contributed by atoms with E-state index in [0.717, 1.165) is 42.4 Å². The highest BCUT2D eigenvalue weighted by Gasteiger charge is 2.30. The zero-order valence-corrected chi connectivity index (χ0v) is 15.7. The summed E-state index contributed by atoms with van der Waals surface area (Å²) in [5.41, 5.74) is 3.52. The van der Waals surface area contributed by atoms with E-state index in [9.17, 15) is 4.79 Å². The molecular weight excluding hydrogens is 336 g/mol. The number of rotatable bonds is 5. The monoisotopic (exact) mass is 362 g/mol.